The predicted octanol–water partition coefficient (Wildman–Crippen LogP) is 8.86. The van der Waals surface area contributed by atoms with Crippen LogP contribution in [0, 0.1) is 11.8 Å². The maximum Gasteiger partial charge on any atom is 6.00 e. The third kappa shape index (κ3) is 26.7. The maximum absolute atomic E-state index is 7.75. The van der Waals surface area contributed by atoms with E-state index in [0.717, 1.165) is 25.7 Å². The smallest absolute Gasteiger partial charge is 0.675 e. The molecule has 0 N–H and O–H groups in total. The van der Waals surface area contributed by atoms with Crippen LogP contribution in [0.4, 0.5) is 0 Å². The van der Waals surface area contributed by atoms with Crippen LogP contribution in [0.1, 0.15) is 123 Å². The van der Waals surface area contributed by atoms with E-state index in [1.807, 2.05) is 0 Å². The Labute approximate surface area is 233 Å². The van der Waals surface area contributed by atoms with Gasteiger partial charge in [0.1, 0.15) is 0 Å². The zero-order chi connectivity index (χ0) is 28.1. The predicted molar refractivity (Wildman–Crippen MR) is 152 cm³/mol. The number of hydrogen-bond acceptors (Lipinski definition) is 2. The first kappa shape index (κ1) is 44.8. The second-order valence-electron chi connectivity index (χ2n) is 10.7. The Hall–Kier alpha value is -0.197. The molecule has 0 aliphatic heterocycles. The van der Waals surface area contributed by atoms with Gasteiger partial charge >= 0.3 is 19.5 Å². The molecule has 0 aromatic carbocycles. The number of hydrogen-bond donors (Lipinski definition) is 0. The molecule has 0 heterocycles. The van der Waals surface area contributed by atoms with Crippen molar-refractivity contribution in [1.29, 1.82) is 0 Å². The van der Waals surface area contributed by atoms with Crippen molar-refractivity contribution in [3.05, 3.63) is 21.3 Å². The molecule has 35 heavy (non-hydrogen) atoms. The molecule has 0 saturated carbocycles. The van der Waals surface area contributed by atoms with Crippen molar-refractivity contribution in [1.82, 2.24) is 0 Å². The molecule has 0 aromatic heterocycles. The summed E-state index contributed by atoms with van der Waals surface area (Å²) in [4.78, 5) is 15.5. The fourth-order valence-corrected chi connectivity index (χ4v) is 2.34. The van der Waals surface area contributed by atoms with Gasteiger partial charge in [-0.25, -0.2) is 12.3 Å². The van der Waals surface area contributed by atoms with Crippen LogP contribution in [0.3, 0.4) is 0 Å². The first-order valence-electron chi connectivity index (χ1n) is 13.0. The number of rotatable bonds is 14. The average molecular weight is 584 g/mol. The zero-order valence-electron chi connectivity index (χ0n) is 25.4. The minimum absolute atomic E-state index is 0. The monoisotopic (exact) mass is 584 g/mol. The molecule has 210 valence electrons. The minimum atomic E-state index is 0. The van der Waals surface area contributed by atoms with Crippen LogP contribution in [0.2, 0.25) is 0 Å². The topological polar surface area (TPSA) is 90.5 Å². The van der Waals surface area contributed by atoms with Crippen LogP contribution in [0.15, 0.2) is 0 Å². The number of carbonyl (C=O) groups excluding carboxylic acids is 2. The molecule has 0 bridgehead atoms. The van der Waals surface area contributed by atoms with Crippen LogP contribution < -0.4 is 0 Å². The van der Waals surface area contributed by atoms with E-state index in [2.05, 4.69) is 111 Å². The van der Waals surface area contributed by atoms with Gasteiger partial charge < -0.3 is 30.9 Å². The zero-order valence-corrected chi connectivity index (χ0v) is 27.1. The molecular weight excluding hydrogens is 525 g/mol. The molecule has 6 nitrogen and oxygen atoms in total. The molecular formula is C28H58N4O2Ru. The summed E-state index contributed by atoms with van der Waals surface area (Å²) in [6.07, 6.45) is 4.68. The summed E-state index contributed by atoms with van der Waals surface area (Å²) in [5.41, 5.74) is 0.123. The Balaban J connectivity index is -0.000000146. The molecule has 0 fully saturated rings. The van der Waals surface area contributed by atoms with Gasteiger partial charge in [-0.3, -0.25) is 13.6 Å². The van der Waals surface area contributed by atoms with Gasteiger partial charge in [0.05, 0.1) is 0 Å². The first-order valence-corrected chi connectivity index (χ1v) is 13.0. The van der Waals surface area contributed by atoms with Crippen LogP contribution in [0.25, 0.3) is 21.3 Å². The minimum Gasteiger partial charge on any atom is -0.675 e. The molecule has 0 spiro atoms. The largest absolute Gasteiger partial charge is 6.00 e. The molecule has 0 aliphatic carbocycles. The molecule has 0 radical (unpaired) electrons. The molecule has 7 heteroatoms. The van der Waals surface area contributed by atoms with Crippen LogP contribution >= 0.6 is 0 Å². The van der Waals surface area contributed by atoms with Gasteiger partial charge in [0.25, 0.3) is 0 Å². The van der Waals surface area contributed by atoms with E-state index in [0.29, 0.717) is 23.9 Å². The Morgan fingerprint density at radius 3 is 0.943 bits per heavy atom. The van der Waals surface area contributed by atoms with Crippen molar-refractivity contribution in [2.24, 2.45) is 11.8 Å². The van der Waals surface area contributed by atoms with Crippen molar-refractivity contribution in [3.63, 3.8) is 0 Å². The van der Waals surface area contributed by atoms with Crippen molar-refractivity contribution < 1.29 is 29.1 Å². The Bertz CT molecular complexity index is 409. The molecule has 0 aliphatic rings. The van der Waals surface area contributed by atoms with Crippen molar-refractivity contribution >= 4 is 13.6 Å². The molecule has 4 atom stereocenters. The Kier molecular flexibility index (Phi) is 32.6. The fourth-order valence-electron chi connectivity index (χ4n) is 2.34. The van der Waals surface area contributed by atoms with E-state index >= 15 is 0 Å². The SMILES string of the molecule is CCC(C)[N-]C([N-]C(C)(C)CC)C(C)C.CCC(C)[N-]C([N-]C(C)(C)CC)C(C)C.[CH-]=O.[CH-]=O.[Ru+6]. The van der Waals surface area contributed by atoms with Gasteiger partial charge in [-0.1, -0.05) is 134 Å². The maximum atomic E-state index is 7.75. The van der Waals surface area contributed by atoms with Gasteiger partial charge in [-0.2, -0.15) is 0 Å². The first-order chi connectivity index (χ1) is 15.6. The second kappa shape index (κ2) is 25.5. The summed E-state index contributed by atoms with van der Waals surface area (Å²) in [7, 11) is 0. The van der Waals surface area contributed by atoms with E-state index in [4.69, 9.17) is 30.9 Å². The van der Waals surface area contributed by atoms with E-state index < -0.39 is 0 Å². The van der Waals surface area contributed by atoms with Gasteiger partial charge in [0.2, 0.25) is 0 Å². The van der Waals surface area contributed by atoms with E-state index in [-0.39, 0.29) is 42.9 Å². The molecule has 4 unspecified atom stereocenters. The van der Waals surface area contributed by atoms with E-state index in [9.17, 15) is 0 Å². The third-order valence-electron chi connectivity index (χ3n) is 5.88. The van der Waals surface area contributed by atoms with E-state index in [1.54, 1.807) is 0 Å². The standard InChI is InChI=1S/2C13H28N2.2CHO.Ru/c2*1-8-11(5)14-12(10(3)4)15-13(6,7)9-2;2*1-2;/h2*10-12H,8-9H2,1-7H3;2*1H;/q2*-2;2*-1;+6. The van der Waals surface area contributed by atoms with Gasteiger partial charge in [-0.15, -0.1) is 23.2 Å². The second-order valence-corrected chi connectivity index (χ2v) is 10.7. The van der Waals surface area contributed by atoms with Crippen LogP contribution in [-0.4, -0.2) is 49.1 Å². The Morgan fingerprint density at radius 2 is 0.800 bits per heavy atom. The summed E-state index contributed by atoms with van der Waals surface area (Å²) in [6.45, 7) is 37.1. The van der Waals surface area contributed by atoms with E-state index in [1.165, 1.54) is 0 Å². The third-order valence-corrected chi connectivity index (χ3v) is 5.88. The fraction of sp³-hybridized carbons (Fsp3) is 0.929. The molecule has 0 amide bonds. The normalized spacial score (nSPS) is 14.6. The summed E-state index contributed by atoms with van der Waals surface area (Å²) in [6, 6.07) is 0.850. The summed E-state index contributed by atoms with van der Waals surface area (Å²) in [5.74, 6) is 1.01. The summed E-state index contributed by atoms with van der Waals surface area (Å²) in [5, 5.41) is 19.2. The average Bonchev–Trinajstić information content (AvgIpc) is 2.80. The van der Waals surface area contributed by atoms with Gasteiger partial charge in [0, 0.05) is 0 Å². The van der Waals surface area contributed by atoms with Gasteiger partial charge in [-0.05, 0) is 0 Å². The quantitative estimate of drug-likeness (QED) is 0.116. The van der Waals surface area contributed by atoms with Crippen molar-refractivity contribution in [2.45, 2.75) is 158 Å². The molecule has 0 saturated heterocycles. The van der Waals surface area contributed by atoms with Crippen LogP contribution in [-0.2, 0) is 29.1 Å². The summed E-state index contributed by atoms with van der Waals surface area (Å²) >= 11 is 0. The molecule has 0 rings (SSSR count). The number of nitrogens with zero attached hydrogens (tertiary/aromatic N) is 4. The Morgan fingerprint density at radius 1 is 0.571 bits per heavy atom. The van der Waals surface area contributed by atoms with Crippen molar-refractivity contribution in [2.75, 3.05) is 0 Å². The van der Waals surface area contributed by atoms with Gasteiger partial charge in [0.15, 0.2) is 0 Å². The molecule has 0 aromatic rings. The van der Waals surface area contributed by atoms with Crippen LogP contribution in [0.5, 0.6) is 0 Å². The van der Waals surface area contributed by atoms with Crippen molar-refractivity contribution in [3.8, 4) is 0 Å². The summed E-state index contributed by atoms with van der Waals surface area (Å²) < 4.78 is 0.